The Kier molecular flexibility index (Phi) is 4.86. The number of benzene rings is 1. The number of aryl methyl sites for hydroxylation is 1. The van der Waals surface area contributed by atoms with Crippen molar-refractivity contribution in [2.75, 3.05) is 19.7 Å². The van der Waals surface area contributed by atoms with Gasteiger partial charge < -0.3 is 14.6 Å². The molecule has 2 heterocycles. The number of nitrogens with one attached hydrogen (secondary N) is 1. The molecule has 2 aromatic rings. The molecule has 0 unspecified atom stereocenters. The van der Waals surface area contributed by atoms with E-state index in [0.29, 0.717) is 31.2 Å². The Labute approximate surface area is 139 Å². The van der Waals surface area contributed by atoms with Gasteiger partial charge in [0.25, 0.3) is 5.56 Å². The molecule has 3 rings (SSSR count). The smallest absolute Gasteiger partial charge is 0.251 e. The Hall–Kier alpha value is -2.73. The quantitative estimate of drug-likeness (QED) is 0.872. The van der Waals surface area contributed by atoms with Crippen LogP contribution >= 0.6 is 0 Å². The van der Waals surface area contributed by atoms with E-state index in [-0.39, 0.29) is 17.6 Å². The Balaban J connectivity index is 1.70. The molecule has 124 valence electrons. The standard InChI is InChI=1S/C18H19N3O3/c1-13-19-15(11-17(22)20-13)16-12-21(9-10-24-16)18(23)8-7-14-5-3-2-4-6-14/h2-8,11,16H,9-10,12H2,1H3,(H,19,20,22)/b8-7+/t16-/m1/s1. The van der Waals surface area contributed by atoms with Crippen molar-refractivity contribution in [3.8, 4) is 0 Å². The number of hydrogen-bond acceptors (Lipinski definition) is 4. The monoisotopic (exact) mass is 325 g/mol. The molecule has 1 fully saturated rings. The van der Waals surface area contributed by atoms with Crippen molar-refractivity contribution >= 4 is 12.0 Å². The van der Waals surface area contributed by atoms with Crippen LogP contribution in [0.5, 0.6) is 0 Å². The van der Waals surface area contributed by atoms with Crippen LogP contribution in [0.15, 0.2) is 47.3 Å². The highest BCUT2D eigenvalue weighted by Gasteiger charge is 2.25. The predicted octanol–water partition coefficient (Wildman–Crippen LogP) is 1.69. The number of carbonyl (C=O) groups is 1. The molecule has 0 radical (unpaired) electrons. The molecule has 6 nitrogen and oxygen atoms in total. The number of H-pyrrole nitrogens is 1. The molecule has 1 aromatic heterocycles. The number of hydrogen-bond donors (Lipinski definition) is 1. The molecule has 1 aliphatic heterocycles. The normalized spacial score (nSPS) is 18.0. The van der Waals surface area contributed by atoms with E-state index in [9.17, 15) is 9.59 Å². The fourth-order valence-corrected chi connectivity index (χ4v) is 2.63. The second kappa shape index (κ2) is 7.23. The van der Waals surface area contributed by atoms with Crippen LogP contribution in [0.3, 0.4) is 0 Å². The fourth-order valence-electron chi connectivity index (χ4n) is 2.63. The lowest BCUT2D eigenvalue weighted by Gasteiger charge is -2.32. The number of nitrogens with zero attached hydrogens (tertiary/aromatic N) is 2. The zero-order valence-electron chi connectivity index (χ0n) is 13.4. The minimum Gasteiger partial charge on any atom is -0.368 e. The molecule has 6 heteroatoms. The molecule has 1 amide bonds. The first-order valence-corrected chi connectivity index (χ1v) is 7.83. The fraction of sp³-hybridized carbons (Fsp3) is 0.278. The number of aromatic amines is 1. The van der Waals surface area contributed by atoms with Crippen LogP contribution in [-0.2, 0) is 9.53 Å². The van der Waals surface area contributed by atoms with Gasteiger partial charge in [-0.2, -0.15) is 0 Å². The van der Waals surface area contributed by atoms with Crippen molar-refractivity contribution in [1.29, 1.82) is 0 Å². The molecule has 1 atom stereocenters. The topological polar surface area (TPSA) is 75.3 Å². The minimum atomic E-state index is -0.381. The van der Waals surface area contributed by atoms with Gasteiger partial charge in [-0.25, -0.2) is 4.98 Å². The lowest BCUT2D eigenvalue weighted by Crippen LogP contribution is -2.42. The number of carbonyl (C=O) groups excluding carboxylic acids is 1. The predicted molar refractivity (Wildman–Crippen MR) is 90.3 cm³/mol. The Morgan fingerprint density at radius 1 is 1.38 bits per heavy atom. The van der Waals surface area contributed by atoms with Crippen LogP contribution in [0.4, 0.5) is 0 Å². The maximum absolute atomic E-state index is 12.4. The second-order valence-corrected chi connectivity index (χ2v) is 5.64. The molecule has 1 aromatic carbocycles. The van der Waals surface area contributed by atoms with Crippen LogP contribution in [0.25, 0.3) is 6.08 Å². The molecular formula is C18H19N3O3. The van der Waals surface area contributed by atoms with E-state index in [1.807, 2.05) is 30.3 Å². The molecule has 1 N–H and O–H groups in total. The zero-order chi connectivity index (χ0) is 16.9. The first-order chi connectivity index (χ1) is 11.6. The Morgan fingerprint density at radius 2 is 2.17 bits per heavy atom. The van der Waals surface area contributed by atoms with Crippen LogP contribution in [0, 0.1) is 6.92 Å². The van der Waals surface area contributed by atoms with E-state index in [1.54, 1.807) is 24.0 Å². The third kappa shape index (κ3) is 3.97. The zero-order valence-corrected chi connectivity index (χ0v) is 13.4. The largest absolute Gasteiger partial charge is 0.368 e. The van der Waals surface area contributed by atoms with Gasteiger partial charge in [-0.3, -0.25) is 9.59 Å². The molecule has 0 saturated carbocycles. The number of ether oxygens (including phenoxy) is 1. The van der Waals surface area contributed by atoms with Gasteiger partial charge >= 0.3 is 0 Å². The van der Waals surface area contributed by atoms with Gasteiger partial charge in [0.05, 0.1) is 18.8 Å². The third-order valence-electron chi connectivity index (χ3n) is 3.81. The Morgan fingerprint density at radius 3 is 2.92 bits per heavy atom. The molecule has 0 bridgehead atoms. The van der Waals surface area contributed by atoms with Crippen LogP contribution in [0.2, 0.25) is 0 Å². The maximum atomic E-state index is 12.4. The van der Waals surface area contributed by atoms with E-state index < -0.39 is 0 Å². The maximum Gasteiger partial charge on any atom is 0.251 e. The third-order valence-corrected chi connectivity index (χ3v) is 3.81. The molecular weight excluding hydrogens is 306 g/mol. The summed E-state index contributed by atoms with van der Waals surface area (Å²) in [6, 6.07) is 11.1. The van der Waals surface area contributed by atoms with E-state index in [4.69, 9.17) is 4.74 Å². The molecule has 24 heavy (non-hydrogen) atoms. The van der Waals surface area contributed by atoms with Gasteiger partial charge in [-0.1, -0.05) is 30.3 Å². The average molecular weight is 325 g/mol. The van der Waals surface area contributed by atoms with E-state index in [0.717, 1.165) is 5.56 Å². The Bertz CT molecular complexity index is 799. The number of rotatable bonds is 3. The van der Waals surface area contributed by atoms with Gasteiger partial charge in [0.1, 0.15) is 11.9 Å². The first-order valence-electron chi connectivity index (χ1n) is 7.83. The number of amides is 1. The van der Waals surface area contributed by atoms with Crippen molar-refractivity contribution < 1.29 is 9.53 Å². The highest BCUT2D eigenvalue weighted by molar-refractivity contribution is 5.91. The van der Waals surface area contributed by atoms with Crippen molar-refractivity contribution in [2.24, 2.45) is 0 Å². The first kappa shape index (κ1) is 16.1. The molecule has 1 aliphatic rings. The van der Waals surface area contributed by atoms with Gasteiger partial charge in [0, 0.05) is 18.7 Å². The molecule has 0 aliphatic carbocycles. The minimum absolute atomic E-state index is 0.0753. The number of aromatic nitrogens is 2. The van der Waals surface area contributed by atoms with Gasteiger partial charge in [-0.15, -0.1) is 0 Å². The lowest BCUT2D eigenvalue weighted by atomic mass is 10.2. The summed E-state index contributed by atoms with van der Waals surface area (Å²) in [5.74, 6) is 0.460. The van der Waals surface area contributed by atoms with E-state index in [1.165, 1.54) is 6.07 Å². The second-order valence-electron chi connectivity index (χ2n) is 5.64. The van der Waals surface area contributed by atoms with Crippen molar-refractivity contribution in [1.82, 2.24) is 14.9 Å². The highest BCUT2D eigenvalue weighted by Crippen LogP contribution is 2.20. The summed E-state index contributed by atoms with van der Waals surface area (Å²) in [5, 5.41) is 0. The van der Waals surface area contributed by atoms with Crippen LogP contribution in [-0.4, -0.2) is 40.5 Å². The summed E-state index contributed by atoms with van der Waals surface area (Å²) in [7, 11) is 0. The van der Waals surface area contributed by atoms with Gasteiger partial charge in [-0.05, 0) is 18.6 Å². The van der Waals surface area contributed by atoms with E-state index in [2.05, 4.69) is 9.97 Å². The van der Waals surface area contributed by atoms with Gasteiger partial charge in [0.15, 0.2) is 0 Å². The average Bonchev–Trinajstić information content (AvgIpc) is 2.60. The summed E-state index contributed by atoms with van der Waals surface area (Å²) < 4.78 is 5.68. The van der Waals surface area contributed by atoms with Crippen molar-refractivity contribution in [3.63, 3.8) is 0 Å². The van der Waals surface area contributed by atoms with Crippen LogP contribution in [0.1, 0.15) is 23.2 Å². The van der Waals surface area contributed by atoms with Crippen molar-refractivity contribution in [3.05, 3.63) is 69.9 Å². The summed E-state index contributed by atoms with van der Waals surface area (Å²) in [6.45, 7) is 3.05. The van der Waals surface area contributed by atoms with Crippen LogP contribution < -0.4 is 5.56 Å². The lowest BCUT2D eigenvalue weighted by molar-refractivity contribution is -0.133. The van der Waals surface area contributed by atoms with Crippen molar-refractivity contribution in [2.45, 2.75) is 13.0 Å². The highest BCUT2D eigenvalue weighted by atomic mass is 16.5. The summed E-state index contributed by atoms with van der Waals surface area (Å²) in [6.07, 6.45) is 2.98. The summed E-state index contributed by atoms with van der Waals surface area (Å²) in [5.41, 5.74) is 1.32. The molecule has 1 saturated heterocycles. The summed E-state index contributed by atoms with van der Waals surface area (Å²) >= 11 is 0. The van der Waals surface area contributed by atoms with E-state index >= 15 is 0 Å². The number of morpholine rings is 1. The SMILES string of the molecule is Cc1nc([C@H]2CN(C(=O)/C=C/c3ccccc3)CCO2)cc(=O)[nH]1. The molecule has 0 spiro atoms. The van der Waals surface area contributed by atoms with Gasteiger partial charge in [0.2, 0.25) is 5.91 Å². The summed E-state index contributed by atoms with van der Waals surface area (Å²) in [4.78, 5) is 32.6.